The van der Waals surface area contributed by atoms with Gasteiger partial charge in [-0.2, -0.15) is 5.10 Å². The number of hydrogen-bond acceptors (Lipinski definition) is 4. The van der Waals surface area contributed by atoms with E-state index in [1.807, 2.05) is 68.6 Å². The summed E-state index contributed by atoms with van der Waals surface area (Å²) in [6.07, 6.45) is 1.62. The van der Waals surface area contributed by atoms with Gasteiger partial charge in [-0.25, -0.2) is 0 Å². The summed E-state index contributed by atoms with van der Waals surface area (Å²) in [5.41, 5.74) is 2.15. The van der Waals surface area contributed by atoms with Crippen LogP contribution in [-0.4, -0.2) is 22.3 Å². The number of furan rings is 1. The molecule has 2 aromatic heterocycles. The number of hydrogen-bond donors (Lipinski definition) is 1. The quantitative estimate of drug-likeness (QED) is 0.549. The highest BCUT2D eigenvalue weighted by atomic mass is 16.5. The Bertz CT molecular complexity index is 1110. The van der Waals surface area contributed by atoms with Gasteiger partial charge in [0.15, 0.2) is 5.76 Å². The number of aryl methyl sites for hydroxylation is 1. The van der Waals surface area contributed by atoms with Crippen LogP contribution in [0.4, 0.5) is 0 Å². The number of nitrogens with one attached hydrogen (secondary N) is 1. The maximum atomic E-state index is 13.0. The van der Waals surface area contributed by atoms with Crippen molar-refractivity contribution in [1.82, 2.24) is 15.1 Å². The lowest BCUT2D eigenvalue weighted by molar-refractivity contribution is 0.0948. The second-order valence-corrected chi connectivity index (χ2v) is 6.40. The first-order valence-electron chi connectivity index (χ1n) is 9.17. The number of aromatic nitrogens is 2. The Kier molecular flexibility index (Phi) is 4.85. The van der Waals surface area contributed by atoms with Crippen LogP contribution in [0.2, 0.25) is 0 Å². The van der Waals surface area contributed by atoms with Crippen molar-refractivity contribution >= 4 is 16.7 Å². The number of fused-ring (bicyclic) bond motifs is 1. The first-order valence-corrected chi connectivity index (χ1v) is 9.17. The molecule has 28 heavy (non-hydrogen) atoms. The van der Waals surface area contributed by atoms with Gasteiger partial charge in [-0.3, -0.25) is 9.48 Å². The van der Waals surface area contributed by atoms with Gasteiger partial charge in [-0.15, -0.1) is 0 Å². The summed E-state index contributed by atoms with van der Waals surface area (Å²) in [6.45, 7) is 2.70. The lowest BCUT2D eigenvalue weighted by atomic mass is 10.0. The molecule has 0 unspecified atom stereocenters. The van der Waals surface area contributed by atoms with Gasteiger partial charge in [0.2, 0.25) is 0 Å². The van der Waals surface area contributed by atoms with Crippen molar-refractivity contribution in [3.8, 4) is 17.2 Å². The Hall–Kier alpha value is -3.54. The highest BCUT2D eigenvalue weighted by Gasteiger charge is 2.17. The third kappa shape index (κ3) is 3.36. The van der Waals surface area contributed by atoms with Crippen molar-refractivity contribution in [2.45, 2.75) is 13.5 Å². The summed E-state index contributed by atoms with van der Waals surface area (Å²) in [5.74, 6) is 1.13. The summed E-state index contributed by atoms with van der Waals surface area (Å²) in [4.78, 5) is 13.0. The van der Waals surface area contributed by atoms with Crippen LogP contribution in [0, 0.1) is 0 Å². The molecule has 0 saturated heterocycles. The summed E-state index contributed by atoms with van der Waals surface area (Å²) in [5, 5.41) is 9.29. The Labute approximate surface area is 162 Å². The molecule has 4 rings (SSSR count). The van der Waals surface area contributed by atoms with E-state index < -0.39 is 0 Å². The second kappa shape index (κ2) is 7.60. The van der Waals surface area contributed by atoms with Crippen molar-refractivity contribution in [1.29, 1.82) is 0 Å². The van der Waals surface area contributed by atoms with Gasteiger partial charge in [-0.1, -0.05) is 30.3 Å². The van der Waals surface area contributed by atoms with E-state index in [2.05, 4.69) is 10.4 Å². The average molecular weight is 375 g/mol. The number of amides is 1. The van der Waals surface area contributed by atoms with Crippen LogP contribution < -0.4 is 10.1 Å². The van der Waals surface area contributed by atoms with E-state index in [9.17, 15) is 4.79 Å². The van der Waals surface area contributed by atoms with Gasteiger partial charge in [0, 0.05) is 7.05 Å². The van der Waals surface area contributed by atoms with Gasteiger partial charge < -0.3 is 14.5 Å². The average Bonchev–Trinajstić information content (AvgIpc) is 3.35. The van der Waals surface area contributed by atoms with E-state index in [1.54, 1.807) is 10.9 Å². The lowest BCUT2D eigenvalue weighted by Gasteiger charge is -2.13. The molecule has 0 saturated carbocycles. The number of nitrogens with zero attached hydrogens (tertiary/aromatic N) is 2. The Morgan fingerprint density at radius 3 is 2.82 bits per heavy atom. The minimum atomic E-state index is -0.189. The van der Waals surface area contributed by atoms with Crippen LogP contribution in [-0.2, 0) is 13.6 Å². The number of carbonyl (C=O) groups is 1. The maximum Gasteiger partial charge on any atom is 0.256 e. The minimum Gasteiger partial charge on any atom is -0.493 e. The van der Waals surface area contributed by atoms with Crippen LogP contribution in [0.1, 0.15) is 23.0 Å². The fourth-order valence-corrected chi connectivity index (χ4v) is 3.29. The Morgan fingerprint density at radius 1 is 1.18 bits per heavy atom. The van der Waals surface area contributed by atoms with Crippen LogP contribution in [0.3, 0.4) is 0 Å². The predicted octanol–water partition coefficient (Wildman–Crippen LogP) is 4.16. The predicted molar refractivity (Wildman–Crippen MR) is 107 cm³/mol. The Balaban J connectivity index is 1.59. The molecule has 6 heteroatoms. The summed E-state index contributed by atoms with van der Waals surface area (Å²) < 4.78 is 12.9. The van der Waals surface area contributed by atoms with Gasteiger partial charge in [0.25, 0.3) is 5.91 Å². The van der Waals surface area contributed by atoms with Crippen molar-refractivity contribution in [2.75, 3.05) is 6.61 Å². The van der Waals surface area contributed by atoms with Crippen molar-refractivity contribution in [2.24, 2.45) is 7.05 Å². The maximum absolute atomic E-state index is 13.0. The molecule has 0 fully saturated rings. The summed E-state index contributed by atoms with van der Waals surface area (Å²) in [7, 11) is 1.85. The summed E-state index contributed by atoms with van der Waals surface area (Å²) in [6, 6.07) is 17.2. The highest BCUT2D eigenvalue weighted by Crippen LogP contribution is 2.28. The lowest BCUT2D eigenvalue weighted by Crippen LogP contribution is -2.24. The van der Waals surface area contributed by atoms with Crippen LogP contribution in [0.25, 0.3) is 22.2 Å². The molecule has 142 valence electrons. The fraction of sp³-hybridized carbons (Fsp3) is 0.182. The molecule has 6 nitrogen and oxygen atoms in total. The first-order chi connectivity index (χ1) is 13.7. The Morgan fingerprint density at radius 2 is 2.04 bits per heavy atom. The summed E-state index contributed by atoms with van der Waals surface area (Å²) >= 11 is 0. The molecule has 0 radical (unpaired) electrons. The number of ether oxygens (including phenoxy) is 1. The van der Waals surface area contributed by atoms with E-state index in [4.69, 9.17) is 9.15 Å². The number of carbonyl (C=O) groups excluding carboxylic acids is 1. The zero-order valence-corrected chi connectivity index (χ0v) is 15.8. The van der Waals surface area contributed by atoms with Crippen LogP contribution in [0.15, 0.2) is 65.3 Å². The smallest absolute Gasteiger partial charge is 0.256 e. The normalized spacial score (nSPS) is 10.9. The molecule has 0 atom stereocenters. The molecule has 1 amide bonds. The molecule has 0 aliphatic heterocycles. The molecule has 0 spiro atoms. The molecular weight excluding hydrogens is 354 g/mol. The van der Waals surface area contributed by atoms with E-state index in [0.717, 1.165) is 27.9 Å². The van der Waals surface area contributed by atoms with Crippen molar-refractivity contribution < 1.29 is 13.9 Å². The number of rotatable bonds is 6. The van der Waals surface area contributed by atoms with Gasteiger partial charge in [-0.05, 0) is 42.0 Å². The number of benzene rings is 2. The molecule has 4 aromatic rings. The molecular formula is C22H21N3O3. The highest BCUT2D eigenvalue weighted by molar-refractivity contribution is 6.09. The van der Waals surface area contributed by atoms with Crippen LogP contribution in [0.5, 0.6) is 5.75 Å². The van der Waals surface area contributed by atoms with E-state index in [1.165, 1.54) is 0 Å². The van der Waals surface area contributed by atoms with E-state index in [0.29, 0.717) is 24.5 Å². The SMILES string of the molecule is CCOc1ccc2ccccc2c1C(=O)NCc1cc(-c2ccco2)n(C)n1. The molecule has 0 bridgehead atoms. The van der Waals surface area contributed by atoms with Gasteiger partial charge in [0.05, 0.1) is 30.7 Å². The second-order valence-electron chi connectivity index (χ2n) is 6.40. The van der Waals surface area contributed by atoms with Crippen molar-refractivity contribution in [3.05, 3.63) is 72.1 Å². The monoisotopic (exact) mass is 375 g/mol. The molecule has 2 aromatic carbocycles. The standard InChI is InChI=1S/C22H21N3O3/c1-3-27-20-11-10-15-7-4-5-8-17(15)21(20)22(26)23-14-16-13-18(25(2)24-16)19-9-6-12-28-19/h4-13H,3,14H2,1-2H3,(H,23,26). The topological polar surface area (TPSA) is 69.3 Å². The fourth-order valence-electron chi connectivity index (χ4n) is 3.29. The molecule has 0 aliphatic carbocycles. The zero-order valence-electron chi connectivity index (χ0n) is 15.8. The van der Waals surface area contributed by atoms with Gasteiger partial charge >= 0.3 is 0 Å². The largest absolute Gasteiger partial charge is 0.493 e. The third-order valence-corrected chi connectivity index (χ3v) is 4.55. The van der Waals surface area contributed by atoms with E-state index in [-0.39, 0.29) is 5.91 Å². The molecule has 1 N–H and O–H groups in total. The third-order valence-electron chi connectivity index (χ3n) is 4.55. The first kappa shape index (κ1) is 17.9. The van der Waals surface area contributed by atoms with Crippen molar-refractivity contribution in [3.63, 3.8) is 0 Å². The van der Waals surface area contributed by atoms with Crippen LogP contribution >= 0.6 is 0 Å². The molecule has 2 heterocycles. The minimum absolute atomic E-state index is 0.189. The molecule has 0 aliphatic rings. The zero-order chi connectivity index (χ0) is 19.5. The van der Waals surface area contributed by atoms with E-state index >= 15 is 0 Å². The van der Waals surface area contributed by atoms with Gasteiger partial charge in [0.1, 0.15) is 11.4 Å².